The summed E-state index contributed by atoms with van der Waals surface area (Å²) in [5.74, 6) is 0.684. The molecule has 0 unspecified atom stereocenters. The van der Waals surface area contributed by atoms with Gasteiger partial charge in [-0.2, -0.15) is 0 Å². The van der Waals surface area contributed by atoms with Crippen LogP contribution in [-0.2, 0) is 0 Å². The monoisotopic (exact) mass is 379 g/mol. The first kappa shape index (κ1) is 17.8. The van der Waals surface area contributed by atoms with Crippen molar-refractivity contribution < 1.29 is 4.79 Å². The quantitative estimate of drug-likeness (QED) is 0.704. The highest BCUT2D eigenvalue weighted by Crippen LogP contribution is 2.26. The number of carbonyl (C=O) groups is 1. The molecule has 3 aromatic rings. The molecule has 5 heteroatoms. The smallest absolute Gasteiger partial charge is 0.253 e. The highest BCUT2D eigenvalue weighted by Gasteiger charge is 2.23. The third-order valence-electron chi connectivity index (χ3n) is 5.21. The number of hydrogen-bond acceptors (Lipinski definition) is 3. The maximum Gasteiger partial charge on any atom is 0.253 e. The van der Waals surface area contributed by atoms with Crippen LogP contribution in [0, 0.1) is 5.92 Å². The van der Waals surface area contributed by atoms with Crippen LogP contribution in [0.3, 0.4) is 0 Å². The number of aromatic nitrogens is 1. The van der Waals surface area contributed by atoms with Crippen LogP contribution < -0.4 is 5.32 Å². The van der Waals surface area contributed by atoms with E-state index in [2.05, 4.69) is 10.3 Å². The molecule has 1 aliphatic rings. The molecule has 1 aromatic heterocycles. The molecule has 0 spiro atoms. The second-order valence-electron chi connectivity index (χ2n) is 7.00. The van der Waals surface area contributed by atoms with Crippen LogP contribution >= 0.6 is 11.6 Å². The van der Waals surface area contributed by atoms with Gasteiger partial charge in [0.25, 0.3) is 5.91 Å². The van der Waals surface area contributed by atoms with E-state index in [0.29, 0.717) is 10.9 Å². The number of piperidine rings is 1. The van der Waals surface area contributed by atoms with Crippen LogP contribution in [0.4, 0.5) is 5.69 Å². The maximum absolute atomic E-state index is 12.6. The van der Waals surface area contributed by atoms with Crippen molar-refractivity contribution in [3.05, 3.63) is 71.4 Å². The Labute approximate surface area is 164 Å². The Morgan fingerprint density at radius 2 is 1.89 bits per heavy atom. The molecule has 0 aliphatic carbocycles. The van der Waals surface area contributed by atoms with E-state index >= 15 is 0 Å². The zero-order valence-corrected chi connectivity index (χ0v) is 15.8. The number of anilines is 1. The highest BCUT2D eigenvalue weighted by atomic mass is 35.5. The summed E-state index contributed by atoms with van der Waals surface area (Å²) >= 11 is 6.14. The lowest BCUT2D eigenvalue weighted by atomic mass is 9.96. The number of pyridine rings is 1. The minimum atomic E-state index is 0.136. The standard InChI is InChI=1S/C22H22ClN3O/c23-18-6-7-20-19(14-18)21(8-11-24-20)25-15-16-9-12-26(13-10-16)22(27)17-4-2-1-3-5-17/h1-8,11,14,16H,9-10,12-13,15H2,(H,24,25). The number of fused-ring (bicyclic) bond motifs is 1. The Kier molecular flexibility index (Phi) is 5.26. The van der Waals surface area contributed by atoms with Crippen molar-refractivity contribution in [1.82, 2.24) is 9.88 Å². The van der Waals surface area contributed by atoms with Gasteiger partial charge in [0.15, 0.2) is 0 Å². The van der Waals surface area contributed by atoms with Crippen LogP contribution in [0.1, 0.15) is 23.2 Å². The molecule has 1 aliphatic heterocycles. The fraction of sp³-hybridized carbons (Fsp3) is 0.273. The Morgan fingerprint density at radius 3 is 2.67 bits per heavy atom. The lowest BCUT2D eigenvalue weighted by molar-refractivity contribution is 0.0695. The molecule has 0 atom stereocenters. The van der Waals surface area contributed by atoms with Gasteiger partial charge in [-0.05, 0) is 55.2 Å². The summed E-state index contributed by atoms with van der Waals surface area (Å²) in [4.78, 5) is 18.9. The number of benzene rings is 2. The lowest BCUT2D eigenvalue weighted by Crippen LogP contribution is -2.39. The van der Waals surface area contributed by atoms with Crippen LogP contribution in [-0.4, -0.2) is 35.4 Å². The predicted molar refractivity (Wildman–Crippen MR) is 110 cm³/mol. The number of amides is 1. The Balaban J connectivity index is 1.35. The molecule has 138 valence electrons. The molecule has 4 rings (SSSR count). The third-order valence-corrected chi connectivity index (χ3v) is 5.44. The fourth-order valence-corrected chi connectivity index (χ4v) is 3.80. The molecular weight excluding hydrogens is 358 g/mol. The second kappa shape index (κ2) is 7.97. The van der Waals surface area contributed by atoms with Crippen molar-refractivity contribution in [1.29, 1.82) is 0 Å². The molecule has 27 heavy (non-hydrogen) atoms. The lowest BCUT2D eigenvalue weighted by Gasteiger charge is -2.32. The predicted octanol–water partition coefficient (Wildman–Crippen LogP) is 4.85. The molecule has 1 N–H and O–H groups in total. The summed E-state index contributed by atoms with van der Waals surface area (Å²) in [6, 6.07) is 17.3. The van der Waals surface area contributed by atoms with Gasteiger partial charge in [-0.3, -0.25) is 9.78 Å². The molecule has 4 nitrogen and oxygen atoms in total. The van der Waals surface area contributed by atoms with E-state index < -0.39 is 0 Å². The average molecular weight is 380 g/mol. The molecule has 1 saturated heterocycles. The average Bonchev–Trinajstić information content (AvgIpc) is 2.73. The van der Waals surface area contributed by atoms with Gasteiger partial charge in [-0.1, -0.05) is 29.8 Å². The van der Waals surface area contributed by atoms with Crippen molar-refractivity contribution >= 4 is 34.1 Å². The molecule has 2 heterocycles. The van der Waals surface area contributed by atoms with Crippen molar-refractivity contribution in [2.75, 3.05) is 25.0 Å². The maximum atomic E-state index is 12.6. The molecule has 1 amide bonds. The van der Waals surface area contributed by atoms with Crippen molar-refractivity contribution in [2.45, 2.75) is 12.8 Å². The van der Waals surface area contributed by atoms with Crippen LogP contribution in [0.5, 0.6) is 0 Å². The van der Waals surface area contributed by atoms with Gasteiger partial charge in [0.1, 0.15) is 0 Å². The normalized spacial score (nSPS) is 15.1. The molecule has 0 bridgehead atoms. The molecule has 1 fully saturated rings. The molecule has 0 saturated carbocycles. The van der Waals surface area contributed by atoms with Crippen LogP contribution in [0.15, 0.2) is 60.8 Å². The number of carbonyl (C=O) groups excluding carboxylic acids is 1. The summed E-state index contributed by atoms with van der Waals surface area (Å²) in [5, 5.41) is 5.32. The minimum absolute atomic E-state index is 0.136. The SMILES string of the molecule is O=C(c1ccccc1)N1CCC(CNc2ccnc3ccc(Cl)cc23)CC1. The Morgan fingerprint density at radius 1 is 1.11 bits per heavy atom. The number of halogens is 1. The van der Waals surface area contributed by atoms with Gasteiger partial charge in [0.05, 0.1) is 5.52 Å². The highest BCUT2D eigenvalue weighted by molar-refractivity contribution is 6.31. The Bertz CT molecular complexity index is 937. The number of nitrogens with zero attached hydrogens (tertiary/aromatic N) is 2. The fourth-order valence-electron chi connectivity index (χ4n) is 3.63. The number of nitrogens with one attached hydrogen (secondary N) is 1. The minimum Gasteiger partial charge on any atom is -0.384 e. The molecule has 0 radical (unpaired) electrons. The van der Waals surface area contributed by atoms with E-state index in [9.17, 15) is 4.79 Å². The Hall–Kier alpha value is -2.59. The largest absolute Gasteiger partial charge is 0.384 e. The number of rotatable bonds is 4. The first-order valence-corrected chi connectivity index (χ1v) is 9.71. The van der Waals surface area contributed by atoms with E-state index in [-0.39, 0.29) is 5.91 Å². The van der Waals surface area contributed by atoms with Gasteiger partial charge < -0.3 is 10.2 Å². The summed E-state index contributed by atoms with van der Waals surface area (Å²) in [6.07, 6.45) is 3.84. The van der Waals surface area contributed by atoms with Gasteiger partial charge in [-0.15, -0.1) is 0 Å². The van der Waals surface area contributed by atoms with Crippen molar-refractivity contribution in [3.8, 4) is 0 Å². The van der Waals surface area contributed by atoms with E-state index in [1.165, 1.54) is 0 Å². The first-order valence-electron chi connectivity index (χ1n) is 9.33. The summed E-state index contributed by atoms with van der Waals surface area (Å²) < 4.78 is 0. The second-order valence-corrected chi connectivity index (χ2v) is 7.44. The number of likely N-dealkylation sites (tertiary alicyclic amines) is 1. The van der Waals surface area contributed by atoms with E-state index in [4.69, 9.17) is 11.6 Å². The zero-order chi connectivity index (χ0) is 18.6. The number of hydrogen-bond donors (Lipinski definition) is 1. The summed E-state index contributed by atoms with van der Waals surface area (Å²) in [5.41, 5.74) is 2.77. The van der Waals surface area contributed by atoms with Gasteiger partial charge >= 0.3 is 0 Å². The van der Waals surface area contributed by atoms with Gasteiger partial charge in [0, 0.05) is 47.5 Å². The zero-order valence-electron chi connectivity index (χ0n) is 15.1. The van der Waals surface area contributed by atoms with Gasteiger partial charge in [-0.25, -0.2) is 0 Å². The summed E-state index contributed by atoms with van der Waals surface area (Å²) in [7, 11) is 0. The third kappa shape index (κ3) is 4.06. The molecular formula is C22H22ClN3O. The van der Waals surface area contributed by atoms with Crippen molar-refractivity contribution in [3.63, 3.8) is 0 Å². The van der Waals surface area contributed by atoms with Crippen LogP contribution in [0.25, 0.3) is 10.9 Å². The van der Waals surface area contributed by atoms with E-state index in [0.717, 1.165) is 54.6 Å². The first-order chi connectivity index (χ1) is 13.2. The summed E-state index contributed by atoms with van der Waals surface area (Å²) in [6.45, 7) is 2.50. The molecule has 2 aromatic carbocycles. The van der Waals surface area contributed by atoms with E-state index in [1.807, 2.05) is 65.7 Å². The van der Waals surface area contributed by atoms with Crippen molar-refractivity contribution in [2.24, 2.45) is 5.92 Å². The van der Waals surface area contributed by atoms with Crippen LogP contribution in [0.2, 0.25) is 5.02 Å². The topological polar surface area (TPSA) is 45.2 Å². The van der Waals surface area contributed by atoms with E-state index in [1.54, 1.807) is 0 Å². The van der Waals surface area contributed by atoms with Gasteiger partial charge in [0.2, 0.25) is 0 Å².